The van der Waals surface area contributed by atoms with E-state index in [-0.39, 0.29) is 12.6 Å². The van der Waals surface area contributed by atoms with E-state index in [0.717, 1.165) is 16.7 Å². The molecule has 5 nitrogen and oxygen atoms in total. The first kappa shape index (κ1) is 19.8. The van der Waals surface area contributed by atoms with E-state index in [1.165, 1.54) is 0 Å². The summed E-state index contributed by atoms with van der Waals surface area (Å²) < 4.78 is 5.61. The van der Waals surface area contributed by atoms with Gasteiger partial charge in [0.2, 0.25) is 0 Å². The van der Waals surface area contributed by atoms with E-state index in [1.54, 1.807) is 18.2 Å². The van der Waals surface area contributed by atoms with Crippen LogP contribution in [0.2, 0.25) is 5.02 Å². The van der Waals surface area contributed by atoms with E-state index in [1.807, 2.05) is 45.0 Å². The first-order chi connectivity index (χ1) is 12.4. The molecule has 26 heavy (non-hydrogen) atoms. The van der Waals surface area contributed by atoms with Gasteiger partial charge in [0, 0.05) is 17.1 Å². The Morgan fingerprint density at radius 1 is 1.15 bits per heavy atom. The number of amides is 2. The van der Waals surface area contributed by atoms with Crippen molar-refractivity contribution in [1.29, 1.82) is 0 Å². The minimum absolute atomic E-state index is 0.189. The molecule has 0 spiro atoms. The lowest BCUT2D eigenvalue weighted by atomic mass is 10.0. The van der Waals surface area contributed by atoms with Gasteiger partial charge in [0.05, 0.1) is 12.6 Å². The van der Waals surface area contributed by atoms with E-state index in [9.17, 15) is 9.59 Å². The maximum atomic E-state index is 12.2. The normalized spacial score (nSPS) is 11.5. The monoisotopic (exact) mass is 374 g/mol. The van der Waals surface area contributed by atoms with Crippen LogP contribution in [0, 0.1) is 6.92 Å². The quantitative estimate of drug-likeness (QED) is 0.760. The van der Waals surface area contributed by atoms with Gasteiger partial charge in [0.1, 0.15) is 5.75 Å². The Morgan fingerprint density at radius 3 is 2.58 bits per heavy atom. The average molecular weight is 375 g/mol. The molecule has 1 atom stereocenters. The summed E-state index contributed by atoms with van der Waals surface area (Å²) in [5.41, 5.74) is 2.63. The van der Waals surface area contributed by atoms with Crippen molar-refractivity contribution < 1.29 is 14.3 Å². The second kappa shape index (κ2) is 9.25. The molecule has 6 heteroatoms. The van der Waals surface area contributed by atoms with Crippen LogP contribution in [0.5, 0.6) is 5.75 Å². The van der Waals surface area contributed by atoms with Gasteiger partial charge in [-0.25, -0.2) is 0 Å². The topological polar surface area (TPSA) is 67.4 Å². The van der Waals surface area contributed by atoms with E-state index in [4.69, 9.17) is 16.3 Å². The van der Waals surface area contributed by atoms with Gasteiger partial charge in [-0.05, 0) is 38.5 Å². The molecule has 2 N–H and O–H groups in total. The molecular weight excluding hydrogens is 352 g/mol. The largest absolute Gasteiger partial charge is 0.494 e. The van der Waals surface area contributed by atoms with Gasteiger partial charge in [0.15, 0.2) is 0 Å². The van der Waals surface area contributed by atoms with E-state index in [2.05, 4.69) is 10.6 Å². The Labute approximate surface area is 158 Å². The summed E-state index contributed by atoms with van der Waals surface area (Å²) in [5, 5.41) is 5.83. The highest BCUT2D eigenvalue weighted by molar-refractivity contribution is 6.35. The van der Waals surface area contributed by atoms with Crippen molar-refractivity contribution in [3.63, 3.8) is 0 Å². The lowest BCUT2D eigenvalue weighted by molar-refractivity contribution is -0.139. The predicted molar refractivity (Wildman–Crippen MR) is 102 cm³/mol. The Balaban J connectivity index is 1.99. The van der Waals surface area contributed by atoms with Gasteiger partial charge in [-0.15, -0.1) is 0 Å². The van der Waals surface area contributed by atoms with Crippen molar-refractivity contribution in [1.82, 2.24) is 10.6 Å². The van der Waals surface area contributed by atoms with Gasteiger partial charge in [-0.1, -0.05) is 47.5 Å². The minimum Gasteiger partial charge on any atom is -0.494 e. The zero-order chi connectivity index (χ0) is 19.1. The standard InChI is InChI=1S/C20H23ClN2O3/c1-4-26-18-10-9-13(2)11-16(18)14(3)23-20(25)19(24)22-12-15-7-5-6-8-17(15)21/h5-11,14H,4,12H2,1-3H3,(H,22,24)(H,23,25). The van der Waals surface area contributed by atoms with Crippen LogP contribution in [0.1, 0.15) is 36.6 Å². The average Bonchev–Trinajstić information content (AvgIpc) is 2.62. The number of carbonyl (C=O) groups excluding carboxylic acids is 2. The number of rotatable bonds is 6. The summed E-state index contributed by atoms with van der Waals surface area (Å²) in [6.07, 6.45) is 0. The van der Waals surface area contributed by atoms with Crippen molar-refractivity contribution in [2.75, 3.05) is 6.61 Å². The molecule has 0 saturated carbocycles. The number of aryl methyl sites for hydroxylation is 1. The number of benzene rings is 2. The van der Waals surface area contributed by atoms with Crippen LogP contribution < -0.4 is 15.4 Å². The summed E-state index contributed by atoms with van der Waals surface area (Å²) in [7, 11) is 0. The summed E-state index contributed by atoms with van der Waals surface area (Å²) in [5.74, 6) is -0.710. The minimum atomic E-state index is -0.706. The van der Waals surface area contributed by atoms with Crippen molar-refractivity contribution in [3.05, 3.63) is 64.2 Å². The van der Waals surface area contributed by atoms with Crippen molar-refractivity contribution in [2.24, 2.45) is 0 Å². The second-order valence-electron chi connectivity index (χ2n) is 5.94. The van der Waals surface area contributed by atoms with Gasteiger partial charge in [-0.2, -0.15) is 0 Å². The molecule has 0 saturated heterocycles. The molecule has 1 unspecified atom stereocenters. The van der Waals surface area contributed by atoms with Crippen molar-refractivity contribution >= 4 is 23.4 Å². The number of hydrogen-bond donors (Lipinski definition) is 2. The zero-order valence-corrected chi connectivity index (χ0v) is 15.9. The third-order valence-electron chi connectivity index (χ3n) is 3.88. The Bertz CT molecular complexity index is 792. The van der Waals surface area contributed by atoms with Crippen molar-refractivity contribution in [2.45, 2.75) is 33.4 Å². The third-order valence-corrected chi connectivity index (χ3v) is 4.25. The lowest BCUT2D eigenvalue weighted by Gasteiger charge is -2.18. The number of carbonyl (C=O) groups is 2. The molecule has 2 amide bonds. The molecule has 2 aromatic rings. The number of ether oxygens (including phenoxy) is 1. The summed E-state index contributed by atoms with van der Waals surface area (Å²) >= 11 is 6.05. The fourth-order valence-corrected chi connectivity index (χ4v) is 2.73. The molecule has 2 aromatic carbocycles. The maximum absolute atomic E-state index is 12.2. The van der Waals surface area contributed by atoms with Crippen LogP contribution >= 0.6 is 11.6 Å². The smallest absolute Gasteiger partial charge is 0.309 e. The van der Waals surface area contributed by atoms with Crippen LogP contribution in [0.4, 0.5) is 0 Å². The molecule has 138 valence electrons. The molecule has 0 aliphatic carbocycles. The van der Waals surface area contributed by atoms with Crippen LogP contribution in [-0.4, -0.2) is 18.4 Å². The predicted octanol–water partition coefficient (Wildman–Crippen LogP) is 3.54. The highest BCUT2D eigenvalue weighted by Crippen LogP contribution is 2.26. The first-order valence-electron chi connectivity index (χ1n) is 8.47. The van der Waals surface area contributed by atoms with E-state index in [0.29, 0.717) is 17.4 Å². The molecule has 0 heterocycles. The molecular formula is C20H23ClN2O3. The molecule has 0 aromatic heterocycles. The van der Waals surface area contributed by atoms with E-state index >= 15 is 0 Å². The fraction of sp³-hybridized carbons (Fsp3) is 0.300. The Hall–Kier alpha value is -2.53. The first-order valence-corrected chi connectivity index (χ1v) is 8.85. The Morgan fingerprint density at radius 2 is 1.88 bits per heavy atom. The third kappa shape index (κ3) is 5.23. The number of halogens is 1. The van der Waals surface area contributed by atoms with Crippen LogP contribution in [0.15, 0.2) is 42.5 Å². The zero-order valence-electron chi connectivity index (χ0n) is 15.1. The second-order valence-corrected chi connectivity index (χ2v) is 6.35. The highest BCUT2D eigenvalue weighted by atomic mass is 35.5. The number of nitrogens with one attached hydrogen (secondary N) is 2. The molecule has 0 aliphatic heterocycles. The summed E-state index contributed by atoms with van der Waals surface area (Å²) in [4.78, 5) is 24.3. The van der Waals surface area contributed by atoms with E-state index < -0.39 is 11.8 Å². The number of hydrogen-bond acceptors (Lipinski definition) is 3. The maximum Gasteiger partial charge on any atom is 0.309 e. The van der Waals surface area contributed by atoms with Crippen LogP contribution in [-0.2, 0) is 16.1 Å². The molecule has 0 bridgehead atoms. The SMILES string of the molecule is CCOc1ccc(C)cc1C(C)NC(=O)C(=O)NCc1ccccc1Cl. The lowest BCUT2D eigenvalue weighted by Crippen LogP contribution is -2.40. The Kier molecular flexibility index (Phi) is 7.04. The van der Waals surface area contributed by atoms with Crippen molar-refractivity contribution in [3.8, 4) is 5.75 Å². The van der Waals surface area contributed by atoms with Gasteiger partial charge >= 0.3 is 11.8 Å². The van der Waals surface area contributed by atoms with Crippen LogP contribution in [0.3, 0.4) is 0 Å². The van der Waals surface area contributed by atoms with Gasteiger partial charge < -0.3 is 15.4 Å². The van der Waals surface area contributed by atoms with Gasteiger partial charge in [-0.3, -0.25) is 9.59 Å². The highest BCUT2D eigenvalue weighted by Gasteiger charge is 2.19. The summed E-state index contributed by atoms with van der Waals surface area (Å²) in [6, 6.07) is 12.5. The molecule has 2 rings (SSSR count). The van der Waals surface area contributed by atoms with Gasteiger partial charge in [0.25, 0.3) is 0 Å². The molecule has 0 radical (unpaired) electrons. The van der Waals surface area contributed by atoms with Crippen LogP contribution in [0.25, 0.3) is 0 Å². The molecule has 0 aliphatic rings. The summed E-state index contributed by atoms with van der Waals surface area (Å²) in [6.45, 7) is 6.39. The fourth-order valence-electron chi connectivity index (χ4n) is 2.53. The molecule has 0 fully saturated rings.